The van der Waals surface area contributed by atoms with Gasteiger partial charge in [0.2, 0.25) is 0 Å². The molecule has 0 aliphatic rings. The molecule has 1 aromatic carbocycles. The van der Waals surface area contributed by atoms with Crippen molar-refractivity contribution in [1.29, 1.82) is 0 Å². The van der Waals surface area contributed by atoms with Gasteiger partial charge in [-0.25, -0.2) is 0 Å². The van der Waals surface area contributed by atoms with E-state index in [-0.39, 0.29) is 12.5 Å². The number of carbonyl (C=O) groups is 1. The largest absolute Gasteiger partial charge is 0.480 e. The van der Waals surface area contributed by atoms with E-state index in [9.17, 15) is 4.79 Å². The fourth-order valence-electron chi connectivity index (χ4n) is 2.06. The highest BCUT2D eigenvalue weighted by Gasteiger charge is 2.13. The van der Waals surface area contributed by atoms with Gasteiger partial charge in [-0.05, 0) is 38.5 Å². The maximum Gasteiger partial charge on any atom is 0.262 e. The van der Waals surface area contributed by atoms with Gasteiger partial charge in [0.25, 0.3) is 5.91 Å². The standard InChI is InChI=1S/C15H20N4O2/c1-9-5-6-12(16)7-13(9)17-14(20)8-21-15-10(2)18-19(4)11(15)3/h5-7H,8,16H2,1-4H3,(H,17,20). The highest BCUT2D eigenvalue weighted by atomic mass is 16.5. The maximum absolute atomic E-state index is 12.0. The zero-order valence-corrected chi connectivity index (χ0v) is 12.7. The summed E-state index contributed by atoms with van der Waals surface area (Å²) in [5.74, 6) is 0.420. The van der Waals surface area contributed by atoms with Gasteiger partial charge in [0.05, 0.1) is 5.69 Å². The summed E-state index contributed by atoms with van der Waals surface area (Å²) in [6.45, 7) is 5.59. The predicted molar refractivity (Wildman–Crippen MR) is 82.4 cm³/mol. The molecule has 0 aliphatic carbocycles. The Morgan fingerprint density at radius 1 is 1.38 bits per heavy atom. The number of rotatable bonds is 4. The van der Waals surface area contributed by atoms with Crippen LogP contribution in [0.5, 0.6) is 5.75 Å². The topological polar surface area (TPSA) is 82.2 Å². The van der Waals surface area contributed by atoms with Gasteiger partial charge < -0.3 is 15.8 Å². The highest BCUT2D eigenvalue weighted by Crippen LogP contribution is 2.22. The normalized spacial score (nSPS) is 10.5. The lowest BCUT2D eigenvalue weighted by Crippen LogP contribution is -2.21. The molecule has 2 rings (SSSR count). The summed E-state index contributed by atoms with van der Waals surface area (Å²) in [6, 6.07) is 5.39. The summed E-state index contributed by atoms with van der Waals surface area (Å²) in [7, 11) is 1.84. The van der Waals surface area contributed by atoms with E-state index >= 15 is 0 Å². The number of ether oxygens (including phenoxy) is 1. The molecule has 0 unspecified atom stereocenters. The lowest BCUT2D eigenvalue weighted by Gasteiger charge is -2.10. The second-order valence-electron chi connectivity index (χ2n) is 5.03. The first kappa shape index (κ1) is 14.9. The SMILES string of the molecule is Cc1ccc(N)cc1NC(=O)COc1c(C)nn(C)c1C. The van der Waals surface area contributed by atoms with Crippen molar-refractivity contribution in [3.8, 4) is 5.75 Å². The Kier molecular flexibility index (Phi) is 4.16. The summed E-state index contributed by atoms with van der Waals surface area (Å²) < 4.78 is 7.29. The van der Waals surface area contributed by atoms with Crippen LogP contribution in [0.15, 0.2) is 18.2 Å². The lowest BCUT2D eigenvalue weighted by atomic mass is 10.2. The van der Waals surface area contributed by atoms with Gasteiger partial charge in [-0.2, -0.15) is 5.10 Å². The molecule has 6 heteroatoms. The van der Waals surface area contributed by atoms with Crippen molar-refractivity contribution in [1.82, 2.24) is 9.78 Å². The van der Waals surface area contributed by atoms with Crippen molar-refractivity contribution in [2.45, 2.75) is 20.8 Å². The number of hydrogen-bond acceptors (Lipinski definition) is 4. The van der Waals surface area contributed by atoms with E-state index < -0.39 is 0 Å². The molecule has 1 heterocycles. The molecule has 112 valence electrons. The number of aromatic nitrogens is 2. The molecule has 1 amide bonds. The van der Waals surface area contributed by atoms with Gasteiger partial charge in [0.1, 0.15) is 5.69 Å². The van der Waals surface area contributed by atoms with Gasteiger partial charge in [0.15, 0.2) is 12.4 Å². The van der Waals surface area contributed by atoms with Crippen molar-refractivity contribution in [3.63, 3.8) is 0 Å². The molecule has 0 fully saturated rings. The van der Waals surface area contributed by atoms with Crippen LogP contribution in [0.3, 0.4) is 0 Å². The van der Waals surface area contributed by atoms with Crippen LogP contribution in [0.25, 0.3) is 0 Å². The molecule has 0 saturated heterocycles. The Morgan fingerprint density at radius 3 is 2.71 bits per heavy atom. The Morgan fingerprint density at radius 2 is 2.10 bits per heavy atom. The number of aryl methyl sites for hydroxylation is 3. The first-order valence-electron chi connectivity index (χ1n) is 6.67. The fraction of sp³-hybridized carbons (Fsp3) is 0.333. The Balaban J connectivity index is 2.01. The third kappa shape index (κ3) is 3.34. The Labute approximate surface area is 123 Å². The molecule has 6 nitrogen and oxygen atoms in total. The molecule has 1 aromatic heterocycles. The van der Waals surface area contributed by atoms with E-state index in [1.807, 2.05) is 33.9 Å². The Hall–Kier alpha value is -2.50. The van der Waals surface area contributed by atoms with Gasteiger partial charge in [-0.1, -0.05) is 6.07 Å². The van der Waals surface area contributed by atoms with E-state index in [2.05, 4.69) is 10.4 Å². The van der Waals surface area contributed by atoms with Crippen molar-refractivity contribution >= 4 is 17.3 Å². The third-order valence-corrected chi connectivity index (χ3v) is 3.33. The van der Waals surface area contributed by atoms with Crippen LogP contribution < -0.4 is 15.8 Å². The molecule has 21 heavy (non-hydrogen) atoms. The second kappa shape index (κ2) is 5.87. The molecule has 0 atom stereocenters. The van der Waals surface area contributed by atoms with Crippen molar-refractivity contribution in [3.05, 3.63) is 35.2 Å². The number of hydrogen-bond donors (Lipinski definition) is 2. The van der Waals surface area contributed by atoms with Gasteiger partial charge >= 0.3 is 0 Å². The number of nitrogens with zero attached hydrogens (tertiary/aromatic N) is 2. The smallest absolute Gasteiger partial charge is 0.262 e. The van der Waals surface area contributed by atoms with E-state index in [1.54, 1.807) is 16.8 Å². The molecule has 0 radical (unpaired) electrons. The number of nitrogens with one attached hydrogen (secondary N) is 1. The average molecular weight is 288 g/mol. The zero-order chi connectivity index (χ0) is 15.6. The summed E-state index contributed by atoms with van der Waals surface area (Å²) >= 11 is 0. The van der Waals surface area contributed by atoms with Crippen LogP contribution in [0.2, 0.25) is 0 Å². The summed E-state index contributed by atoms with van der Waals surface area (Å²) in [5.41, 5.74) is 9.63. The third-order valence-electron chi connectivity index (χ3n) is 3.33. The highest BCUT2D eigenvalue weighted by molar-refractivity contribution is 5.93. The maximum atomic E-state index is 12.0. The van der Waals surface area contributed by atoms with Crippen molar-refractivity contribution in [2.24, 2.45) is 7.05 Å². The summed E-state index contributed by atoms with van der Waals surface area (Å²) in [4.78, 5) is 12.0. The number of amides is 1. The first-order valence-corrected chi connectivity index (χ1v) is 6.67. The number of nitrogen functional groups attached to an aromatic ring is 1. The minimum Gasteiger partial charge on any atom is -0.480 e. The van der Waals surface area contributed by atoms with Crippen LogP contribution in [0, 0.1) is 20.8 Å². The Bertz CT molecular complexity index is 677. The van der Waals surface area contributed by atoms with Gasteiger partial charge in [0, 0.05) is 18.4 Å². The first-order chi connectivity index (χ1) is 9.88. The van der Waals surface area contributed by atoms with Crippen LogP contribution >= 0.6 is 0 Å². The molecule has 0 spiro atoms. The van der Waals surface area contributed by atoms with Gasteiger partial charge in [-0.15, -0.1) is 0 Å². The number of nitrogens with two attached hydrogens (primary N) is 1. The van der Waals surface area contributed by atoms with Crippen molar-refractivity contribution < 1.29 is 9.53 Å². The fourth-order valence-corrected chi connectivity index (χ4v) is 2.06. The molecule has 0 aliphatic heterocycles. The lowest BCUT2D eigenvalue weighted by molar-refractivity contribution is -0.118. The van der Waals surface area contributed by atoms with Crippen LogP contribution in [-0.4, -0.2) is 22.3 Å². The number of benzene rings is 1. The summed E-state index contributed by atoms with van der Waals surface area (Å²) in [6.07, 6.45) is 0. The van der Waals surface area contributed by atoms with Crippen LogP contribution in [0.4, 0.5) is 11.4 Å². The minimum absolute atomic E-state index is 0.0678. The molecule has 2 aromatic rings. The zero-order valence-electron chi connectivity index (χ0n) is 12.7. The van der Waals surface area contributed by atoms with E-state index in [1.165, 1.54) is 0 Å². The van der Waals surface area contributed by atoms with Crippen LogP contribution in [0.1, 0.15) is 17.0 Å². The van der Waals surface area contributed by atoms with Crippen molar-refractivity contribution in [2.75, 3.05) is 17.7 Å². The van der Waals surface area contributed by atoms with Gasteiger partial charge in [-0.3, -0.25) is 9.48 Å². The van der Waals surface area contributed by atoms with E-state index in [0.29, 0.717) is 17.1 Å². The monoisotopic (exact) mass is 288 g/mol. The van der Waals surface area contributed by atoms with E-state index in [0.717, 1.165) is 17.0 Å². The number of carbonyl (C=O) groups excluding carboxylic acids is 1. The molecule has 3 N–H and O–H groups in total. The predicted octanol–water partition coefficient (Wildman–Crippen LogP) is 1.95. The van der Waals surface area contributed by atoms with E-state index in [4.69, 9.17) is 10.5 Å². The molecule has 0 bridgehead atoms. The quantitative estimate of drug-likeness (QED) is 0.842. The average Bonchev–Trinajstić information content (AvgIpc) is 2.66. The number of anilines is 2. The second-order valence-corrected chi connectivity index (χ2v) is 5.03. The molecular formula is C15H20N4O2. The van der Waals surface area contributed by atoms with Crippen LogP contribution in [-0.2, 0) is 11.8 Å². The minimum atomic E-state index is -0.230. The summed E-state index contributed by atoms with van der Waals surface area (Å²) in [5, 5.41) is 7.04. The molecule has 0 saturated carbocycles. The molecular weight excluding hydrogens is 268 g/mol.